The van der Waals surface area contributed by atoms with Crippen LogP contribution in [0.25, 0.3) is 10.2 Å². The summed E-state index contributed by atoms with van der Waals surface area (Å²) in [4.78, 5) is 11.7. The largest absolute Gasteiger partial charge is 0.381 e. The number of hydrogen-bond acceptors (Lipinski definition) is 5. The molecule has 0 amide bonds. The summed E-state index contributed by atoms with van der Waals surface area (Å²) in [5.41, 5.74) is 1.28. The molecule has 0 aliphatic rings. The molecule has 2 aromatic rings. The van der Waals surface area contributed by atoms with Gasteiger partial charge in [-0.1, -0.05) is 0 Å². The van der Waals surface area contributed by atoms with Crippen molar-refractivity contribution >= 4 is 27.4 Å². The molecule has 0 aliphatic carbocycles. The molecular weight excluding hydrogens is 258 g/mol. The normalized spacial score (nSPS) is 11.2. The lowest BCUT2D eigenvalue weighted by molar-refractivity contribution is 0.149. The lowest BCUT2D eigenvalue weighted by Gasteiger charge is -2.08. The van der Waals surface area contributed by atoms with E-state index in [1.807, 2.05) is 6.92 Å². The van der Waals surface area contributed by atoms with E-state index in [1.165, 1.54) is 15.8 Å². The lowest BCUT2D eigenvalue weighted by atomic mass is 10.2. The van der Waals surface area contributed by atoms with Crippen molar-refractivity contribution < 1.29 is 4.74 Å². The van der Waals surface area contributed by atoms with E-state index in [1.54, 1.807) is 11.3 Å². The first-order valence-corrected chi connectivity index (χ1v) is 7.57. The third kappa shape index (κ3) is 3.04. The Balaban J connectivity index is 2.40. The number of rotatable bonds is 6. The third-order valence-electron chi connectivity index (χ3n) is 3.09. The molecule has 2 aromatic heterocycles. The number of thiophene rings is 1. The average molecular weight is 279 g/mol. The average Bonchev–Trinajstić information content (AvgIpc) is 2.66. The van der Waals surface area contributed by atoms with Crippen LogP contribution in [0, 0.1) is 13.8 Å². The van der Waals surface area contributed by atoms with Crippen LogP contribution >= 0.6 is 11.3 Å². The second-order valence-electron chi connectivity index (χ2n) is 4.43. The van der Waals surface area contributed by atoms with Crippen LogP contribution in [0.5, 0.6) is 0 Å². The van der Waals surface area contributed by atoms with Crippen LogP contribution < -0.4 is 5.32 Å². The molecule has 0 unspecified atom stereocenters. The lowest BCUT2D eigenvalue weighted by Crippen LogP contribution is -2.07. The summed E-state index contributed by atoms with van der Waals surface area (Å²) in [5.74, 6) is 1.82. The molecule has 5 heteroatoms. The van der Waals surface area contributed by atoms with E-state index in [-0.39, 0.29) is 0 Å². The van der Waals surface area contributed by atoms with Gasteiger partial charge in [-0.2, -0.15) is 0 Å². The molecule has 104 valence electrons. The molecule has 0 spiro atoms. The summed E-state index contributed by atoms with van der Waals surface area (Å²) in [7, 11) is 0. The summed E-state index contributed by atoms with van der Waals surface area (Å²) in [5, 5.41) is 4.52. The maximum Gasteiger partial charge on any atom is 0.138 e. The van der Waals surface area contributed by atoms with Gasteiger partial charge in [-0.3, -0.25) is 0 Å². The summed E-state index contributed by atoms with van der Waals surface area (Å²) in [6, 6.07) is 0. The summed E-state index contributed by atoms with van der Waals surface area (Å²) < 4.78 is 5.38. The maximum atomic E-state index is 5.38. The smallest absolute Gasteiger partial charge is 0.138 e. The van der Waals surface area contributed by atoms with E-state index in [0.29, 0.717) is 6.61 Å². The van der Waals surface area contributed by atoms with E-state index in [4.69, 9.17) is 4.74 Å². The number of aromatic nitrogens is 2. The summed E-state index contributed by atoms with van der Waals surface area (Å²) in [6.45, 7) is 10.6. The van der Waals surface area contributed by atoms with E-state index in [9.17, 15) is 0 Å². The Kier molecular flexibility index (Phi) is 4.71. The van der Waals surface area contributed by atoms with Crippen molar-refractivity contribution in [3.05, 3.63) is 16.3 Å². The highest BCUT2D eigenvalue weighted by molar-refractivity contribution is 7.18. The van der Waals surface area contributed by atoms with Gasteiger partial charge in [0.2, 0.25) is 0 Å². The zero-order valence-corrected chi connectivity index (χ0v) is 12.9. The van der Waals surface area contributed by atoms with Crippen LogP contribution in [0.3, 0.4) is 0 Å². The van der Waals surface area contributed by atoms with Crippen molar-refractivity contribution in [3.8, 4) is 0 Å². The first-order chi connectivity index (χ1) is 9.17. The van der Waals surface area contributed by atoms with E-state index in [0.717, 1.165) is 36.0 Å². The highest BCUT2D eigenvalue weighted by Gasteiger charge is 2.13. The van der Waals surface area contributed by atoms with Gasteiger partial charge in [-0.05, 0) is 33.3 Å². The number of aryl methyl sites for hydroxylation is 2. The van der Waals surface area contributed by atoms with Gasteiger partial charge in [0.25, 0.3) is 0 Å². The fourth-order valence-corrected chi connectivity index (χ4v) is 3.06. The molecule has 0 bridgehead atoms. The molecule has 0 atom stereocenters. The van der Waals surface area contributed by atoms with Gasteiger partial charge in [0.05, 0.1) is 12.0 Å². The molecule has 4 nitrogen and oxygen atoms in total. The fourth-order valence-electron chi connectivity index (χ4n) is 2.01. The predicted molar refractivity (Wildman–Crippen MR) is 81.2 cm³/mol. The van der Waals surface area contributed by atoms with E-state index in [2.05, 4.69) is 36.1 Å². The zero-order valence-electron chi connectivity index (χ0n) is 12.0. The minimum atomic E-state index is 0.677. The van der Waals surface area contributed by atoms with Crippen LogP contribution in [0.4, 0.5) is 5.82 Å². The van der Waals surface area contributed by atoms with Gasteiger partial charge >= 0.3 is 0 Å². The topological polar surface area (TPSA) is 47.0 Å². The van der Waals surface area contributed by atoms with Crippen LogP contribution in [-0.4, -0.2) is 29.7 Å². The minimum Gasteiger partial charge on any atom is -0.381 e. The van der Waals surface area contributed by atoms with Crippen LogP contribution in [0.2, 0.25) is 0 Å². The predicted octanol–water partition coefficient (Wildman–Crippen LogP) is 3.32. The first kappa shape index (κ1) is 14.2. The molecule has 0 saturated heterocycles. The number of fused-ring (bicyclic) bond motifs is 1. The highest BCUT2D eigenvalue weighted by Crippen LogP contribution is 2.33. The molecule has 0 fully saturated rings. The number of anilines is 1. The van der Waals surface area contributed by atoms with Crippen molar-refractivity contribution in [1.29, 1.82) is 0 Å². The number of nitrogens with zero attached hydrogens (tertiary/aromatic N) is 2. The number of nitrogens with one attached hydrogen (secondary N) is 1. The fraction of sp³-hybridized carbons (Fsp3) is 0.571. The molecular formula is C14H21N3OS. The Bertz CT molecular complexity index is 565. The zero-order chi connectivity index (χ0) is 13.8. The Hall–Kier alpha value is -1.20. The van der Waals surface area contributed by atoms with Crippen molar-refractivity contribution in [2.75, 3.05) is 25.1 Å². The summed E-state index contributed by atoms with van der Waals surface area (Å²) >= 11 is 1.74. The van der Waals surface area contributed by atoms with Crippen molar-refractivity contribution in [2.24, 2.45) is 0 Å². The molecule has 0 aromatic carbocycles. The van der Waals surface area contributed by atoms with Gasteiger partial charge in [-0.15, -0.1) is 11.3 Å². The number of ether oxygens (including phenoxy) is 1. The van der Waals surface area contributed by atoms with Gasteiger partial charge < -0.3 is 10.1 Å². The SMILES string of the molecule is CCNc1nc(CCOCC)nc2sc(C)c(C)c12. The maximum absolute atomic E-state index is 5.38. The van der Waals surface area contributed by atoms with Crippen molar-refractivity contribution in [1.82, 2.24) is 9.97 Å². The second-order valence-corrected chi connectivity index (χ2v) is 5.63. The Morgan fingerprint density at radius 3 is 2.68 bits per heavy atom. The van der Waals surface area contributed by atoms with Gasteiger partial charge in [-0.25, -0.2) is 9.97 Å². The van der Waals surface area contributed by atoms with E-state index >= 15 is 0 Å². The van der Waals surface area contributed by atoms with Crippen molar-refractivity contribution in [3.63, 3.8) is 0 Å². The highest BCUT2D eigenvalue weighted by atomic mass is 32.1. The minimum absolute atomic E-state index is 0.677. The molecule has 1 N–H and O–H groups in total. The molecule has 0 radical (unpaired) electrons. The standard InChI is InChI=1S/C14H21N3OS/c1-5-15-13-12-9(3)10(4)19-14(12)17-11(16-13)7-8-18-6-2/h5-8H2,1-4H3,(H,15,16,17). The van der Waals surface area contributed by atoms with Gasteiger partial charge in [0.15, 0.2) is 0 Å². The molecule has 0 saturated carbocycles. The first-order valence-electron chi connectivity index (χ1n) is 6.75. The summed E-state index contributed by atoms with van der Waals surface area (Å²) in [6.07, 6.45) is 0.762. The molecule has 2 rings (SSSR count). The molecule has 19 heavy (non-hydrogen) atoms. The molecule has 2 heterocycles. The van der Waals surface area contributed by atoms with Gasteiger partial charge in [0.1, 0.15) is 16.5 Å². The number of hydrogen-bond donors (Lipinski definition) is 1. The van der Waals surface area contributed by atoms with Crippen molar-refractivity contribution in [2.45, 2.75) is 34.1 Å². The van der Waals surface area contributed by atoms with Crippen LogP contribution in [0.15, 0.2) is 0 Å². The monoisotopic (exact) mass is 279 g/mol. The van der Waals surface area contributed by atoms with Crippen LogP contribution in [0.1, 0.15) is 30.1 Å². The third-order valence-corrected chi connectivity index (χ3v) is 4.19. The quantitative estimate of drug-likeness (QED) is 0.824. The van der Waals surface area contributed by atoms with Gasteiger partial charge in [0, 0.05) is 24.4 Å². The second kappa shape index (κ2) is 6.30. The Morgan fingerprint density at radius 2 is 2.00 bits per heavy atom. The Labute approximate surface area is 118 Å². The Morgan fingerprint density at radius 1 is 1.21 bits per heavy atom. The van der Waals surface area contributed by atoms with E-state index < -0.39 is 0 Å². The molecule has 0 aliphatic heterocycles. The van der Waals surface area contributed by atoms with Crippen LogP contribution in [-0.2, 0) is 11.2 Å².